The number of para-hydroxylation sites is 1. The molecule has 2 nitrogen and oxygen atoms in total. The van der Waals surface area contributed by atoms with Gasteiger partial charge in [0, 0.05) is 32.5 Å². The van der Waals surface area contributed by atoms with E-state index < -0.39 is 0 Å². The van der Waals surface area contributed by atoms with Crippen molar-refractivity contribution in [1.29, 1.82) is 0 Å². The number of carbonyl (C=O) groups excluding carboxylic acids is 1. The highest BCUT2D eigenvalue weighted by molar-refractivity contribution is 9.10. The van der Waals surface area contributed by atoms with Crippen LogP contribution in [0.4, 0.5) is 11.4 Å². The summed E-state index contributed by atoms with van der Waals surface area (Å²) in [6.07, 6.45) is 0.843. The van der Waals surface area contributed by atoms with Gasteiger partial charge in [-0.25, -0.2) is 0 Å². The lowest BCUT2D eigenvalue weighted by molar-refractivity contribution is 0.112. The maximum Gasteiger partial charge on any atom is 0.151 e. The van der Waals surface area contributed by atoms with Crippen LogP contribution in [-0.4, -0.2) is 6.29 Å². The molecule has 18 heavy (non-hydrogen) atoms. The van der Waals surface area contributed by atoms with E-state index in [0.717, 1.165) is 38.8 Å². The topological polar surface area (TPSA) is 29.1 Å². The molecule has 1 aliphatic rings. The minimum absolute atomic E-state index is 0.633. The number of fused-ring (bicyclic) bond motifs is 2. The van der Waals surface area contributed by atoms with Gasteiger partial charge in [0.05, 0.1) is 0 Å². The Balaban J connectivity index is 2.22. The lowest BCUT2D eigenvalue weighted by Gasteiger charge is -2.24. The van der Waals surface area contributed by atoms with Crippen molar-refractivity contribution < 1.29 is 4.79 Å². The summed E-state index contributed by atoms with van der Waals surface area (Å²) < 4.78 is 0.790. The smallest absolute Gasteiger partial charge is 0.151 e. The lowest BCUT2D eigenvalue weighted by Crippen LogP contribution is -2.06. The van der Waals surface area contributed by atoms with Crippen molar-refractivity contribution in [3.8, 4) is 0 Å². The van der Waals surface area contributed by atoms with E-state index in [9.17, 15) is 4.79 Å². The zero-order valence-electron chi connectivity index (χ0n) is 9.53. The van der Waals surface area contributed by atoms with E-state index >= 15 is 0 Å². The Kier molecular flexibility index (Phi) is 2.56. The van der Waals surface area contributed by atoms with Gasteiger partial charge in [0.1, 0.15) is 0 Å². The van der Waals surface area contributed by atoms with Crippen LogP contribution in [0.5, 0.6) is 0 Å². The standard InChI is InChI=1S/C15H10BrNO/c1-9-11-4-2-3-5-14(11)17-15-6-10(8-18)13(16)7-12(9)15/h2-8,17H,1H2. The van der Waals surface area contributed by atoms with Crippen molar-refractivity contribution in [3.63, 3.8) is 0 Å². The number of nitrogens with one attached hydrogen (secondary N) is 1. The number of hydrogen-bond acceptors (Lipinski definition) is 2. The highest BCUT2D eigenvalue weighted by Gasteiger charge is 2.19. The van der Waals surface area contributed by atoms with Crippen LogP contribution >= 0.6 is 15.9 Å². The van der Waals surface area contributed by atoms with Gasteiger partial charge in [-0.15, -0.1) is 0 Å². The van der Waals surface area contributed by atoms with Gasteiger partial charge in [-0.2, -0.15) is 0 Å². The molecule has 0 radical (unpaired) electrons. The van der Waals surface area contributed by atoms with Crippen molar-refractivity contribution >= 4 is 39.2 Å². The molecule has 2 aromatic rings. The molecule has 1 N–H and O–H groups in total. The Morgan fingerprint density at radius 1 is 1.11 bits per heavy atom. The number of hydrogen-bond donors (Lipinski definition) is 1. The number of rotatable bonds is 1. The minimum atomic E-state index is 0.633. The van der Waals surface area contributed by atoms with Gasteiger partial charge in [0.15, 0.2) is 6.29 Å². The molecule has 0 bridgehead atoms. The predicted octanol–water partition coefficient (Wildman–Crippen LogP) is 4.38. The third-order valence-corrected chi connectivity index (χ3v) is 3.80. The Morgan fingerprint density at radius 2 is 1.89 bits per heavy atom. The second-order valence-corrected chi connectivity index (χ2v) is 5.04. The van der Waals surface area contributed by atoms with Crippen LogP contribution in [0.2, 0.25) is 0 Å². The van der Waals surface area contributed by atoms with E-state index in [1.165, 1.54) is 0 Å². The number of aldehydes is 1. The van der Waals surface area contributed by atoms with Crippen LogP contribution in [0.25, 0.3) is 5.57 Å². The van der Waals surface area contributed by atoms with Gasteiger partial charge in [0.25, 0.3) is 0 Å². The van der Waals surface area contributed by atoms with E-state index in [1.807, 2.05) is 36.4 Å². The normalized spacial score (nSPS) is 12.4. The monoisotopic (exact) mass is 299 g/mol. The molecular formula is C15H10BrNO. The Labute approximate surface area is 113 Å². The summed E-state index contributed by atoms with van der Waals surface area (Å²) >= 11 is 3.40. The molecule has 0 saturated carbocycles. The van der Waals surface area contributed by atoms with Gasteiger partial charge < -0.3 is 5.32 Å². The molecule has 0 amide bonds. The number of benzene rings is 2. The molecule has 0 aliphatic carbocycles. The summed E-state index contributed by atoms with van der Waals surface area (Å²) in [5.41, 5.74) is 5.66. The molecule has 2 aromatic carbocycles. The molecule has 3 heteroatoms. The largest absolute Gasteiger partial charge is 0.354 e. The van der Waals surface area contributed by atoms with Gasteiger partial charge in [-0.05, 0) is 23.8 Å². The van der Waals surface area contributed by atoms with Crippen LogP contribution in [0.1, 0.15) is 21.5 Å². The zero-order chi connectivity index (χ0) is 12.7. The average Bonchev–Trinajstić information content (AvgIpc) is 2.39. The maximum atomic E-state index is 11.0. The van der Waals surface area contributed by atoms with Crippen molar-refractivity contribution in [1.82, 2.24) is 0 Å². The first kappa shape index (κ1) is 11.2. The Morgan fingerprint density at radius 3 is 2.67 bits per heavy atom. The summed E-state index contributed by atoms with van der Waals surface area (Å²) in [6, 6.07) is 11.8. The fourth-order valence-corrected chi connectivity index (χ4v) is 2.62. The maximum absolute atomic E-state index is 11.0. The second kappa shape index (κ2) is 4.10. The van der Waals surface area contributed by atoms with E-state index in [1.54, 1.807) is 0 Å². The van der Waals surface area contributed by atoms with Crippen LogP contribution in [-0.2, 0) is 0 Å². The Bertz CT molecular complexity index is 676. The number of carbonyl (C=O) groups is 1. The fourth-order valence-electron chi connectivity index (χ4n) is 2.18. The minimum Gasteiger partial charge on any atom is -0.354 e. The summed E-state index contributed by atoms with van der Waals surface area (Å²) in [5.74, 6) is 0. The summed E-state index contributed by atoms with van der Waals surface area (Å²) in [5, 5.41) is 3.33. The Hall–Kier alpha value is -1.87. The van der Waals surface area contributed by atoms with Crippen LogP contribution in [0.3, 0.4) is 0 Å². The first-order chi connectivity index (χ1) is 8.70. The second-order valence-electron chi connectivity index (χ2n) is 4.19. The van der Waals surface area contributed by atoms with Crippen molar-refractivity contribution in [2.45, 2.75) is 0 Å². The predicted molar refractivity (Wildman–Crippen MR) is 77.4 cm³/mol. The highest BCUT2D eigenvalue weighted by Crippen LogP contribution is 2.41. The van der Waals surface area contributed by atoms with Gasteiger partial charge >= 0.3 is 0 Å². The lowest BCUT2D eigenvalue weighted by atomic mass is 9.92. The van der Waals surface area contributed by atoms with Gasteiger partial charge in [-0.1, -0.05) is 40.7 Å². The zero-order valence-corrected chi connectivity index (χ0v) is 11.1. The molecule has 1 aliphatic heterocycles. The number of halogens is 1. The fraction of sp³-hybridized carbons (Fsp3) is 0. The molecule has 0 unspecified atom stereocenters. The molecule has 0 aromatic heterocycles. The highest BCUT2D eigenvalue weighted by atomic mass is 79.9. The molecule has 1 heterocycles. The van der Waals surface area contributed by atoms with Crippen molar-refractivity contribution in [3.05, 3.63) is 64.1 Å². The van der Waals surface area contributed by atoms with Crippen molar-refractivity contribution in [2.75, 3.05) is 5.32 Å². The first-order valence-corrected chi connectivity index (χ1v) is 6.34. The summed E-state index contributed by atoms with van der Waals surface area (Å²) in [6.45, 7) is 4.14. The third kappa shape index (κ3) is 1.59. The summed E-state index contributed by atoms with van der Waals surface area (Å²) in [7, 11) is 0. The van der Waals surface area contributed by atoms with E-state index in [-0.39, 0.29) is 0 Å². The molecule has 3 rings (SSSR count). The molecule has 0 atom stereocenters. The molecule has 88 valence electrons. The van der Waals surface area contributed by atoms with Crippen molar-refractivity contribution in [2.24, 2.45) is 0 Å². The van der Waals surface area contributed by atoms with Gasteiger partial charge in [-0.3, -0.25) is 4.79 Å². The average molecular weight is 300 g/mol. The third-order valence-electron chi connectivity index (χ3n) is 3.11. The first-order valence-electron chi connectivity index (χ1n) is 5.55. The molecule has 0 spiro atoms. The van der Waals surface area contributed by atoms with Crippen LogP contribution in [0.15, 0.2) is 47.4 Å². The van der Waals surface area contributed by atoms with E-state index in [4.69, 9.17) is 0 Å². The van der Waals surface area contributed by atoms with Crippen LogP contribution in [0, 0.1) is 0 Å². The molecule has 0 saturated heterocycles. The van der Waals surface area contributed by atoms with E-state index in [0.29, 0.717) is 5.56 Å². The van der Waals surface area contributed by atoms with Crippen LogP contribution < -0.4 is 5.32 Å². The number of anilines is 2. The molecular weight excluding hydrogens is 290 g/mol. The van der Waals surface area contributed by atoms with E-state index in [2.05, 4.69) is 27.8 Å². The molecule has 0 fully saturated rings. The van der Waals surface area contributed by atoms with Gasteiger partial charge in [0.2, 0.25) is 0 Å². The summed E-state index contributed by atoms with van der Waals surface area (Å²) in [4.78, 5) is 11.0. The SMILES string of the molecule is C=C1c2ccccc2Nc2cc(C=O)c(Br)cc21. The quantitative estimate of drug-likeness (QED) is 0.676.